The van der Waals surface area contributed by atoms with Gasteiger partial charge in [-0.3, -0.25) is 4.79 Å². The number of hydrogen-bond donors (Lipinski definition) is 1. The first kappa shape index (κ1) is 16.2. The lowest BCUT2D eigenvalue weighted by molar-refractivity contribution is -0.148. The summed E-state index contributed by atoms with van der Waals surface area (Å²) in [4.78, 5) is 12.1. The Kier molecular flexibility index (Phi) is 4.89. The van der Waals surface area contributed by atoms with Gasteiger partial charge < -0.3 is 10.1 Å². The van der Waals surface area contributed by atoms with Gasteiger partial charge in [0, 0.05) is 18.0 Å². The van der Waals surface area contributed by atoms with Crippen LogP contribution in [-0.4, -0.2) is 25.2 Å². The van der Waals surface area contributed by atoms with Crippen molar-refractivity contribution in [3.8, 4) is 0 Å². The second-order valence-corrected chi connectivity index (χ2v) is 5.95. The van der Waals surface area contributed by atoms with Crippen LogP contribution >= 0.6 is 12.4 Å². The van der Waals surface area contributed by atoms with Crippen molar-refractivity contribution in [1.82, 2.24) is 5.32 Å². The minimum absolute atomic E-state index is 0. The van der Waals surface area contributed by atoms with Crippen LogP contribution in [-0.2, 0) is 9.53 Å². The molecule has 4 atom stereocenters. The number of fused-ring (bicyclic) bond motifs is 2. The van der Waals surface area contributed by atoms with E-state index in [1.54, 1.807) is 19.1 Å². The van der Waals surface area contributed by atoms with Gasteiger partial charge in [-0.2, -0.15) is 0 Å². The number of aryl methyl sites for hydroxylation is 1. The van der Waals surface area contributed by atoms with E-state index in [0.717, 1.165) is 24.8 Å². The molecule has 2 aliphatic heterocycles. The average molecular weight is 314 g/mol. The second-order valence-electron chi connectivity index (χ2n) is 5.95. The van der Waals surface area contributed by atoms with Crippen molar-refractivity contribution in [3.05, 3.63) is 35.1 Å². The number of methoxy groups -OCH3 is 1. The average Bonchev–Trinajstić information content (AvgIpc) is 2.82. The van der Waals surface area contributed by atoms with Crippen LogP contribution in [0.3, 0.4) is 0 Å². The Bertz CT molecular complexity index is 537. The van der Waals surface area contributed by atoms with Crippen molar-refractivity contribution >= 4 is 18.4 Å². The monoisotopic (exact) mass is 313 g/mol. The number of esters is 1. The van der Waals surface area contributed by atoms with Crippen LogP contribution in [0, 0.1) is 18.7 Å². The highest BCUT2D eigenvalue weighted by Gasteiger charge is 2.46. The highest BCUT2D eigenvalue weighted by atomic mass is 35.5. The quantitative estimate of drug-likeness (QED) is 0.853. The van der Waals surface area contributed by atoms with Crippen molar-refractivity contribution < 1.29 is 13.9 Å². The fraction of sp³-hybridized carbons (Fsp3) is 0.562. The lowest BCUT2D eigenvalue weighted by Gasteiger charge is -2.36. The van der Waals surface area contributed by atoms with E-state index < -0.39 is 0 Å². The van der Waals surface area contributed by atoms with Gasteiger partial charge in [-0.25, -0.2) is 4.39 Å². The normalized spacial score (nSPS) is 30.6. The maximum Gasteiger partial charge on any atom is 0.310 e. The Morgan fingerprint density at radius 1 is 1.38 bits per heavy atom. The summed E-state index contributed by atoms with van der Waals surface area (Å²) in [6.07, 6.45) is 2.96. The van der Waals surface area contributed by atoms with Gasteiger partial charge in [0.2, 0.25) is 0 Å². The Labute approximate surface area is 130 Å². The Balaban J connectivity index is 0.00000161. The third-order valence-electron chi connectivity index (χ3n) is 4.78. The smallest absolute Gasteiger partial charge is 0.310 e. The molecule has 1 N–H and O–H groups in total. The number of carbonyl (C=O) groups excluding carboxylic acids is 1. The predicted octanol–water partition coefficient (Wildman–Crippen LogP) is 2.95. The number of ether oxygens (including phenoxy) is 1. The first-order valence-electron chi connectivity index (χ1n) is 7.20. The third-order valence-corrected chi connectivity index (χ3v) is 4.78. The van der Waals surface area contributed by atoms with E-state index in [4.69, 9.17) is 4.74 Å². The highest BCUT2D eigenvalue weighted by molar-refractivity contribution is 5.85. The van der Waals surface area contributed by atoms with Crippen LogP contribution in [0.1, 0.15) is 36.3 Å². The summed E-state index contributed by atoms with van der Waals surface area (Å²) >= 11 is 0. The molecule has 21 heavy (non-hydrogen) atoms. The topological polar surface area (TPSA) is 38.3 Å². The molecule has 3 nitrogen and oxygen atoms in total. The number of carbonyl (C=O) groups is 1. The van der Waals surface area contributed by atoms with E-state index in [2.05, 4.69) is 5.32 Å². The summed E-state index contributed by atoms with van der Waals surface area (Å²) < 4.78 is 18.8. The van der Waals surface area contributed by atoms with Crippen molar-refractivity contribution in [2.45, 2.75) is 44.2 Å². The molecule has 5 heteroatoms. The Morgan fingerprint density at radius 3 is 2.81 bits per heavy atom. The summed E-state index contributed by atoms with van der Waals surface area (Å²) in [5.74, 6) is -0.539. The summed E-state index contributed by atoms with van der Waals surface area (Å²) in [5.41, 5.74) is 1.56. The molecule has 2 saturated heterocycles. The molecule has 2 fully saturated rings. The van der Waals surface area contributed by atoms with Crippen LogP contribution in [0.5, 0.6) is 0 Å². The Hall–Kier alpha value is -1.13. The molecule has 3 rings (SSSR count). The predicted molar refractivity (Wildman–Crippen MR) is 81.2 cm³/mol. The second kappa shape index (κ2) is 6.32. The van der Waals surface area contributed by atoms with Gasteiger partial charge in [0.25, 0.3) is 0 Å². The minimum atomic E-state index is -0.208. The van der Waals surface area contributed by atoms with Crippen molar-refractivity contribution in [3.63, 3.8) is 0 Å². The highest BCUT2D eigenvalue weighted by Crippen LogP contribution is 2.42. The molecular formula is C16H21ClFNO2. The number of hydrogen-bond acceptors (Lipinski definition) is 3. The van der Waals surface area contributed by atoms with E-state index in [9.17, 15) is 9.18 Å². The molecular weight excluding hydrogens is 293 g/mol. The van der Waals surface area contributed by atoms with Crippen LogP contribution in [0.25, 0.3) is 0 Å². The van der Waals surface area contributed by atoms with Crippen LogP contribution in [0.4, 0.5) is 4.39 Å². The first-order chi connectivity index (χ1) is 9.60. The molecule has 0 aliphatic carbocycles. The Morgan fingerprint density at radius 2 is 2.14 bits per heavy atom. The van der Waals surface area contributed by atoms with E-state index >= 15 is 0 Å². The first-order valence-corrected chi connectivity index (χ1v) is 7.20. The molecule has 2 bridgehead atoms. The van der Waals surface area contributed by atoms with Crippen LogP contribution in [0.2, 0.25) is 0 Å². The molecule has 0 saturated carbocycles. The van der Waals surface area contributed by atoms with Gasteiger partial charge in [0.05, 0.1) is 13.0 Å². The fourth-order valence-corrected chi connectivity index (χ4v) is 3.70. The molecule has 0 aromatic heterocycles. The number of piperidine rings is 1. The fourth-order valence-electron chi connectivity index (χ4n) is 3.70. The van der Waals surface area contributed by atoms with E-state index in [1.807, 2.05) is 6.07 Å². The minimum Gasteiger partial charge on any atom is -0.469 e. The van der Waals surface area contributed by atoms with Crippen LogP contribution < -0.4 is 5.32 Å². The summed E-state index contributed by atoms with van der Waals surface area (Å²) in [7, 11) is 1.43. The van der Waals surface area contributed by atoms with Crippen LogP contribution in [0.15, 0.2) is 18.2 Å². The maximum atomic E-state index is 13.8. The zero-order chi connectivity index (χ0) is 14.3. The van der Waals surface area contributed by atoms with Crippen molar-refractivity contribution in [2.75, 3.05) is 7.11 Å². The van der Waals surface area contributed by atoms with E-state index in [-0.39, 0.29) is 42.1 Å². The summed E-state index contributed by atoms with van der Waals surface area (Å²) in [5, 5.41) is 3.49. The number of halogens is 2. The lowest BCUT2D eigenvalue weighted by atomic mass is 9.77. The zero-order valence-corrected chi connectivity index (χ0v) is 13.1. The van der Waals surface area contributed by atoms with Gasteiger partial charge in [-0.15, -0.1) is 12.4 Å². The summed E-state index contributed by atoms with van der Waals surface area (Å²) in [6.45, 7) is 1.75. The van der Waals surface area contributed by atoms with Gasteiger partial charge in [0.15, 0.2) is 0 Å². The lowest BCUT2D eigenvalue weighted by Crippen LogP contribution is -2.48. The molecule has 2 heterocycles. The molecule has 0 amide bonds. The largest absolute Gasteiger partial charge is 0.469 e. The van der Waals surface area contributed by atoms with E-state index in [0.29, 0.717) is 11.6 Å². The molecule has 1 aromatic carbocycles. The molecule has 0 unspecified atom stereocenters. The maximum absolute atomic E-state index is 13.8. The van der Waals surface area contributed by atoms with E-state index in [1.165, 1.54) is 7.11 Å². The van der Waals surface area contributed by atoms with Crippen molar-refractivity contribution in [1.29, 1.82) is 0 Å². The number of nitrogens with one attached hydrogen (secondary N) is 1. The SMILES string of the molecule is COC(=O)[C@@H]1[C@H]2CC[C@@H](C[C@H]1c1ccc(C)c(F)c1)N2.Cl. The standard InChI is InChI=1S/C16H20FNO2.ClH/c1-9-3-4-10(7-13(9)17)12-8-11-5-6-14(18-11)15(12)16(19)20-2;/h3-4,7,11-12,14-15,18H,5-6,8H2,1-2H3;1H/t11-,12-,14+,15-;/m0./s1. The molecule has 0 spiro atoms. The van der Waals surface area contributed by atoms with Gasteiger partial charge >= 0.3 is 5.97 Å². The molecule has 1 aromatic rings. The van der Waals surface area contributed by atoms with Gasteiger partial charge in [-0.05, 0) is 43.4 Å². The number of rotatable bonds is 2. The molecule has 2 aliphatic rings. The molecule has 116 valence electrons. The third kappa shape index (κ3) is 2.92. The number of benzene rings is 1. The van der Waals surface area contributed by atoms with Crippen molar-refractivity contribution in [2.24, 2.45) is 5.92 Å². The summed E-state index contributed by atoms with van der Waals surface area (Å²) in [6, 6.07) is 5.93. The van der Waals surface area contributed by atoms with Gasteiger partial charge in [0.1, 0.15) is 5.82 Å². The zero-order valence-electron chi connectivity index (χ0n) is 12.3. The molecule has 0 radical (unpaired) electrons. The van der Waals surface area contributed by atoms with Gasteiger partial charge in [-0.1, -0.05) is 12.1 Å².